The summed E-state index contributed by atoms with van der Waals surface area (Å²) in [5, 5.41) is 0. The summed E-state index contributed by atoms with van der Waals surface area (Å²) in [6.45, 7) is 7.77. The number of hydrogen-bond acceptors (Lipinski definition) is 2. The summed E-state index contributed by atoms with van der Waals surface area (Å²) in [5.74, 6) is 0.699. The highest BCUT2D eigenvalue weighted by atomic mass is 15.1. The molecular weight excluding hydrogens is 208 g/mol. The Labute approximate surface area is 105 Å². The van der Waals surface area contributed by atoms with E-state index in [9.17, 15) is 0 Å². The molecule has 1 aliphatic heterocycles. The van der Waals surface area contributed by atoms with E-state index in [0.717, 1.165) is 13.0 Å². The zero-order chi connectivity index (χ0) is 12.3. The molecule has 1 saturated heterocycles. The van der Waals surface area contributed by atoms with Crippen LogP contribution in [0.4, 0.5) is 0 Å². The Morgan fingerprint density at radius 1 is 1.35 bits per heavy atom. The number of benzene rings is 1. The van der Waals surface area contributed by atoms with Gasteiger partial charge < -0.3 is 5.73 Å². The van der Waals surface area contributed by atoms with Crippen LogP contribution in [0.25, 0.3) is 0 Å². The van der Waals surface area contributed by atoms with Crippen molar-refractivity contribution >= 4 is 0 Å². The van der Waals surface area contributed by atoms with Gasteiger partial charge in [0.1, 0.15) is 0 Å². The molecule has 0 radical (unpaired) electrons. The van der Waals surface area contributed by atoms with Crippen molar-refractivity contribution in [2.45, 2.75) is 39.3 Å². The van der Waals surface area contributed by atoms with Crippen LogP contribution in [0.1, 0.15) is 30.9 Å². The summed E-state index contributed by atoms with van der Waals surface area (Å²) in [6, 6.07) is 9.25. The molecule has 2 heteroatoms. The minimum Gasteiger partial charge on any atom is -0.327 e. The number of aryl methyl sites for hydroxylation is 1. The van der Waals surface area contributed by atoms with Gasteiger partial charge in [0, 0.05) is 19.1 Å². The van der Waals surface area contributed by atoms with Crippen molar-refractivity contribution in [3.63, 3.8) is 0 Å². The third-order valence-electron chi connectivity index (χ3n) is 3.91. The number of hydrogen-bond donors (Lipinski definition) is 1. The lowest BCUT2D eigenvalue weighted by atomic mass is 9.98. The second-order valence-corrected chi connectivity index (χ2v) is 5.34. The molecule has 1 aromatic rings. The quantitative estimate of drug-likeness (QED) is 0.864. The predicted molar refractivity (Wildman–Crippen MR) is 72.8 cm³/mol. The first kappa shape index (κ1) is 12.6. The van der Waals surface area contributed by atoms with E-state index in [-0.39, 0.29) is 0 Å². The fraction of sp³-hybridized carbons (Fsp3) is 0.600. The Morgan fingerprint density at radius 3 is 2.71 bits per heavy atom. The molecule has 0 saturated carbocycles. The van der Waals surface area contributed by atoms with Crippen molar-refractivity contribution in [3.05, 3.63) is 35.4 Å². The van der Waals surface area contributed by atoms with Crippen LogP contribution in [0.5, 0.6) is 0 Å². The van der Waals surface area contributed by atoms with Gasteiger partial charge in [0.05, 0.1) is 0 Å². The maximum absolute atomic E-state index is 6.13. The van der Waals surface area contributed by atoms with Gasteiger partial charge in [0.2, 0.25) is 0 Å². The molecule has 2 rings (SSSR count). The molecule has 2 N–H and O–H groups in total. The predicted octanol–water partition coefficient (Wildman–Crippen LogP) is 2.55. The summed E-state index contributed by atoms with van der Waals surface area (Å²) in [7, 11) is 0. The molecule has 1 heterocycles. The molecule has 0 bridgehead atoms. The summed E-state index contributed by atoms with van der Waals surface area (Å²) < 4.78 is 0. The average Bonchev–Trinajstić information content (AvgIpc) is 2.80. The monoisotopic (exact) mass is 232 g/mol. The van der Waals surface area contributed by atoms with Gasteiger partial charge in [0.25, 0.3) is 0 Å². The summed E-state index contributed by atoms with van der Waals surface area (Å²) in [5.41, 5.74) is 8.88. The smallest absolute Gasteiger partial charge is 0.0233 e. The second kappa shape index (κ2) is 5.65. The highest BCUT2D eigenvalue weighted by Gasteiger charge is 2.26. The van der Waals surface area contributed by atoms with Crippen molar-refractivity contribution in [2.75, 3.05) is 13.1 Å². The van der Waals surface area contributed by atoms with Crippen molar-refractivity contribution < 1.29 is 0 Å². The fourth-order valence-electron chi connectivity index (χ4n) is 2.64. The van der Waals surface area contributed by atoms with Gasteiger partial charge in [-0.1, -0.05) is 36.8 Å². The van der Waals surface area contributed by atoms with Crippen LogP contribution in [-0.2, 0) is 6.54 Å². The standard InChI is InChI=1S/C15H24N2/c1-3-15(16)14-8-9-17(11-14)10-13-6-4-12(2)5-7-13/h4-7,14-15H,3,8-11,16H2,1-2H3. The third kappa shape index (κ3) is 3.30. The van der Waals surface area contributed by atoms with Crippen LogP contribution in [0.2, 0.25) is 0 Å². The minimum atomic E-state index is 0.387. The molecule has 1 fully saturated rings. The molecule has 0 aromatic heterocycles. The van der Waals surface area contributed by atoms with Gasteiger partial charge in [-0.25, -0.2) is 0 Å². The first-order chi connectivity index (χ1) is 8.19. The highest BCUT2D eigenvalue weighted by Crippen LogP contribution is 2.22. The lowest BCUT2D eigenvalue weighted by Crippen LogP contribution is -2.31. The number of rotatable bonds is 4. The van der Waals surface area contributed by atoms with Gasteiger partial charge in [-0.3, -0.25) is 4.90 Å². The van der Waals surface area contributed by atoms with Gasteiger partial charge in [-0.2, -0.15) is 0 Å². The lowest BCUT2D eigenvalue weighted by molar-refractivity contribution is 0.304. The first-order valence-corrected chi connectivity index (χ1v) is 6.72. The highest BCUT2D eigenvalue weighted by molar-refractivity contribution is 5.21. The molecule has 94 valence electrons. The Balaban J connectivity index is 1.87. The summed E-state index contributed by atoms with van der Waals surface area (Å²) in [4.78, 5) is 2.53. The van der Waals surface area contributed by atoms with Crippen LogP contribution in [0.3, 0.4) is 0 Å². The minimum absolute atomic E-state index is 0.387. The van der Waals surface area contributed by atoms with E-state index in [1.165, 1.54) is 30.6 Å². The van der Waals surface area contributed by atoms with Crippen LogP contribution in [-0.4, -0.2) is 24.0 Å². The van der Waals surface area contributed by atoms with E-state index in [4.69, 9.17) is 5.73 Å². The van der Waals surface area contributed by atoms with Crippen molar-refractivity contribution in [1.29, 1.82) is 0 Å². The van der Waals surface area contributed by atoms with E-state index in [1.54, 1.807) is 0 Å². The fourth-order valence-corrected chi connectivity index (χ4v) is 2.64. The van der Waals surface area contributed by atoms with Gasteiger partial charge >= 0.3 is 0 Å². The Kier molecular flexibility index (Phi) is 4.19. The van der Waals surface area contributed by atoms with Gasteiger partial charge in [-0.05, 0) is 37.8 Å². The van der Waals surface area contributed by atoms with E-state index < -0.39 is 0 Å². The topological polar surface area (TPSA) is 29.3 Å². The third-order valence-corrected chi connectivity index (χ3v) is 3.91. The maximum Gasteiger partial charge on any atom is 0.0233 e. The zero-order valence-corrected chi connectivity index (χ0v) is 11.0. The molecule has 1 aliphatic rings. The zero-order valence-electron chi connectivity index (χ0n) is 11.0. The normalized spacial score (nSPS) is 22.9. The molecule has 0 amide bonds. The Hall–Kier alpha value is -0.860. The van der Waals surface area contributed by atoms with E-state index in [0.29, 0.717) is 12.0 Å². The summed E-state index contributed by atoms with van der Waals surface area (Å²) in [6.07, 6.45) is 2.36. The maximum atomic E-state index is 6.13. The molecule has 17 heavy (non-hydrogen) atoms. The van der Waals surface area contributed by atoms with E-state index in [2.05, 4.69) is 43.0 Å². The first-order valence-electron chi connectivity index (χ1n) is 6.72. The van der Waals surface area contributed by atoms with Crippen molar-refractivity contribution in [2.24, 2.45) is 11.7 Å². The number of nitrogens with zero attached hydrogens (tertiary/aromatic N) is 1. The molecule has 0 aliphatic carbocycles. The van der Waals surface area contributed by atoms with Crippen LogP contribution >= 0.6 is 0 Å². The molecular formula is C15H24N2. The van der Waals surface area contributed by atoms with E-state index >= 15 is 0 Å². The summed E-state index contributed by atoms with van der Waals surface area (Å²) >= 11 is 0. The Bertz CT molecular complexity index is 344. The molecule has 2 unspecified atom stereocenters. The average molecular weight is 232 g/mol. The lowest BCUT2D eigenvalue weighted by Gasteiger charge is -2.19. The number of likely N-dealkylation sites (tertiary alicyclic amines) is 1. The van der Waals surface area contributed by atoms with Crippen molar-refractivity contribution in [1.82, 2.24) is 4.90 Å². The number of nitrogens with two attached hydrogens (primary N) is 1. The van der Waals surface area contributed by atoms with Gasteiger partial charge in [0.15, 0.2) is 0 Å². The molecule has 1 aromatic carbocycles. The SMILES string of the molecule is CCC(N)C1CCN(Cc2ccc(C)cc2)C1. The largest absolute Gasteiger partial charge is 0.327 e. The van der Waals surface area contributed by atoms with Crippen LogP contribution in [0, 0.1) is 12.8 Å². The molecule has 0 spiro atoms. The van der Waals surface area contributed by atoms with Crippen LogP contribution in [0.15, 0.2) is 24.3 Å². The molecule has 2 nitrogen and oxygen atoms in total. The van der Waals surface area contributed by atoms with E-state index in [1.807, 2.05) is 0 Å². The second-order valence-electron chi connectivity index (χ2n) is 5.34. The van der Waals surface area contributed by atoms with Crippen LogP contribution < -0.4 is 5.73 Å². The Morgan fingerprint density at radius 2 is 2.06 bits per heavy atom. The van der Waals surface area contributed by atoms with Crippen molar-refractivity contribution in [3.8, 4) is 0 Å². The molecule has 2 atom stereocenters. The van der Waals surface area contributed by atoms with Gasteiger partial charge in [-0.15, -0.1) is 0 Å².